The summed E-state index contributed by atoms with van der Waals surface area (Å²) >= 11 is 3.33. The van der Waals surface area contributed by atoms with E-state index in [0.717, 1.165) is 10.0 Å². The average molecular weight is 465 g/mol. The van der Waals surface area contributed by atoms with Crippen molar-refractivity contribution in [2.75, 3.05) is 12.4 Å². The van der Waals surface area contributed by atoms with E-state index in [1.807, 2.05) is 12.1 Å². The molecule has 150 valence electrons. The maximum atomic E-state index is 12.4. The number of carbonyl (C=O) groups is 2. The van der Waals surface area contributed by atoms with E-state index in [2.05, 4.69) is 21.2 Å². The van der Waals surface area contributed by atoms with E-state index in [4.69, 9.17) is 9.15 Å². The minimum atomic E-state index is -0.540. The molecule has 3 rings (SSSR count). The molecule has 0 radical (unpaired) electrons. The van der Waals surface area contributed by atoms with Gasteiger partial charge in [-0.25, -0.2) is 4.79 Å². The molecule has 7 heteroatoms. The van der Waals surface area contributed by atoms with Crippen LogP contribution in [0.2, 0.25) is 0 Å². The van der Waals surface area contributed by atoms with Crippen LogP contribution in [-0.2, 0) is 9.53 Å². The van der Waals surface area contributed by atoms with E-state index in [1.165, 1.54) is 13.2 Å². The van der Waals surface area contributed by atoms with Gasteiger partial charge in [-0.1, -0.05) is 28.1 Å². The second kappa shape index (κ2) is 9.25. The number of furan rings is 1. The number of halogens is 1. The molecule has 2 aromatic carbocycles. The van der Waals surface area contributed by atoms with Gasteiger partial charge in [0.1, 0.15) is 23.2 Å². The highest BCUT2D eigenvalue weighted by Gasteiger charge is 2.16. The zero-order valence-corrected chi connectivity index (χ0v) is 17.8. The first-order valence-electron chi connectivity index (χ1n) is 8.89. The topological polar surface area (TPSA) is 92.3 Å². The molecule has 1 heterocycles. The lowest BCUT2D eigenvalue weighted by atomic mass is 10.0. The summed E-state index contributed by atoms with van der Waals surface area (Å²) in [4.78, 5) is 24.3. The standard InChI is InChI=1S/C23H17BrN2O4/c1-14-19(4-3-5-20(14)23(28)29-2)21-11-10-18(30-21)12-15(13-25)22(27)26-17-8-6-16(24)7-9-17/h3-12H,1-2H3,(H,26,27)/b15-12-. The minimum Gasteiger partial charge on any atom is -0.465 e. The van der Waals surface area contributed by atoms with Crippen molar-refractivity contribution in [3.8, 4) is 17.4 Å². The van der Waals surface area contributed by atoms with Crippen LogP contribution < -0.4 is 5.32 Å². The fraction of sp³-hybridized carbons (Fsp3) is 0.0870. The van der Waals surface area contributed by atoms with Gasteiger partial charge >= 0.3 is 5.97 Å². The van der Waals surface area contributed by atoms with E-state index in [9.17, 15) is 14.9 Å². The first-order valence-corrected chi connectivity index (χ1v) is 9.69. The largest absolute Gasteiger partial charge is 0.465 e. The molecule has 0 spiro atoms. The van der Waals surface area contributed by atoms with Crippen LogP contribution in [0.4, 0.5) is 5.69 Å². The Kier molecular flexibility index (Phi) is 6.50. The number of nitrogens with one attached hydrogen (secondary N) is 1. The molecule has 0 aliphatic carbocycles. The van der Waals surface area contributed by atoms with Gasteiger partial charge < -0.3 is 14.5 Å². The van der Waals surface area contributed by atoms with Crippen LogP contribution in [0.3, 0.4) is 0 Å². The molecule has 30 heavy (non-hydrogen) atoms. The quantitative estimate of drug-likeness (QED) is 0.312. The summed E-state index contributed by atoms with van der Waals surface area (Å²) in [5, 5.41) is 12.1. The third kappa shape index (κ3) is 4.67. The summed E-state index contributed by atoms with van der Waals surface area (Å²) in [6, 6.07) is 17.5. The molecule has 0 aliphatic rings. The van der Waals surface area contributed by atoms with Crippen molar-refractivity contribution < 1.29 is 18.7 Å². The predicted octanol–water partition coefficient (Wildman–Crippen LogP) is 5.35. The van der Waals surface area contributed by atoms with Gasteiger partial charge in [0.15, 0.2) is 0 Å². The number of carbonyl (C=O) groups excluding carboxylic acids is 2. The number of ether oxygens (including phenoxy) is 1. The first-order chi connectivity index (χ1) is 14.4. The highest BCUT2D eigenvalue weighted by atomic mass is 79.9. The molecular formula is C23H17BrN2O4. The number of hydrogen-bond acceptors (Lipinski definition) is 5. The summed E-state index contributed by atoms with van der Waals surface area (Å²) in [7, 11) is 1.33. The molecule has 1 N–H and O–H groups in total. The Balaban J connectivity index is 1.85. The number of rotatable bonds is 5. The number of hydrogen-bond donors (Lipinski definition) is 1. The molecular weight excluding hydrogens is 448 g/mol. The van der Waals surface area contributed by atoms with Gasteiger partial charge in [0.05, 0.1) is 12.7 Å². The van der Waals surface area contributed by atoms with Gasteiger partial charge in [0.25, 0.3) is 5.91 Å². The van der Waals surface area contributed by atoms with Crippen molar-refractivity contribution in [1.82, 2.24) is 0 Å². The number of benzene rings is 2. The second-order valence-corrected chi connectivity index (χ2v) is 7.22. The van der Waals surface area contributed by atoms with Crippen molar-refractivity contribution in [3.05, 3.63) is 81.5 Å². The van der Waals surface area contributed by atoms with E-state index in [1.54, 1.807) is 55.5 Å². The molecule has 1 aromatic heterocycles. The fourth-order valence-electron chi connectivity index (χ4n) is 2.83. The van der Waals surface area contributed by atoms with E-state index in [0.29, 0.717) is 28.3 Å². The van der Waals surface area contributed by atoms with E-state index >= 15 is 0 Å². The zero-order chi connectivity index (χ0) is 21.7. The lowest BCUT2D eigenvalue weighted by molar-refractivity contribution is -0.112. The van der Waals surface area contributed by atoms with E-state index in [-0.39, 0.29) is 5.57 Å². The molecule has 0 saturated carbocycles. The molecule has 0 aliphatic heterocycles. The summed E-state index contributed by atoms with van der Waals surface area (Å²) in [5.41, 5.74) is 2.34. The van der Waals surface area contributed by atoms with Gasteiger partial charge in [0.2, 0.25) is 0 Å². The van der Waals surface area contributed by atoms with Gasteiger partial charge in [-0.3, -0.25) is 4.79 Å². The molecule has 0 fully saturated rings. The predicted molar refractivity (Wildman–Crippen MR) is 117 cm³/mol. The van der Waals surface area contributed by atoms with Gasteiger partial charge in [-0.05, 0) is 55.0 Å². The highest BCUT2D eigenvalue weighted by molar-refractivity contribution is 9.10. The van der Waals surface area contributed by atoms with Gasteiger partial charge in [-0.15, -0.1) is 0 Å². The number of nitriles is 1. The Labute approximate surface area is 181 Å². The molecule has 1 amide bonds. The highest BCUT2D eigenvalue weighted by Crippen LogP contribution is 2.28. The minimum absolute atomic E-state index is 0.0983. The molecule has 0 bridgehead atoms. The molecule has 3 aromatic rings. The molecule has 0 saturated heterocycles. The third-order valence-electron chi connectivity index (χ3n) is 4.39. The van der Waals surface area contributed by atoms with Crippen molar-refractivity contribution in [1.29, 1.82) is 5.26 Å². The molecule has 0 unspecified atom stereocenters. The maximum Gasteiger partial charge on any atom is 0.338 e. The average Bonchev–Trinajstić information content (AvgIpc) is 3.21. The number of anilines is 1. The summed E-state index contributed by atoms with van der Waals surface area (Å²) < 4.78 is 11.5. The van der Waals surface area contributed by atoms with Crippen LogP contribution >= 0.6 is 15.9 Å². The summed E-state index contributed by atoms with van der Waals surface area (Å²) in [5.74, 6) is -0.121. The van der Waals surface area contributed by atoms with Crippen LogP contribution in [0, 0.1) is 18.3 Å². The van der Waals surface area contributed by atoms with Crippen LogP contribution in [0.15, 0.2) is 69.1 Å². The van der Waals surface area contributed by atoms with Gasteiger partial charge in [0, 0.05) is 21.8 Å². The summed E-state index contributed by atoms with van der Waals surface area (Å²) in [6.45, 7) is 1.80. The lowest BCUT2D eigenvalue weighted by Crippen LogP contribution is -2.13. The number of amides is 1. The summed E-state index contributed by atoms with van der Waals surface area (Å²) in [6.07, 6.45) is 1.37. The lowest BCUT2D eigenvalue weighted by Gasteiger charge is -2.07. The van der Waals surface area contributed by atoms with Crippen molar-refractivity contribution >= 4 is 39.6 Å². The Morgan fingerprint density at radius 3 is 2.53 bits per heavy atom. The first kappa shape index (κ1) is 21.1. The maximum absolute atomic E-state index is 12.4. The van der Waals surface area contributed by atoms with Crippen LogP contribution in [0.25, 0.3) is 17.4 Å². The smallest absolute Gasteiger partial charge is 0.338 e. The van der Waals surface area contributed by atoms with E-state index < -0.39 is 11.9 Å². The fourth-order valence-corrected chi connectivity index (χ4v) is 3.10. The van der Waals surface area contributed by atoms with Crippen LogP contribution in [0.5, 0.6) is 0 Å². The third-order valence-corrected chi connectivity index (χ3v) is 4.91. The SMILES string of the molecule is COC(=O)c1cccc(-c2ccc(/C=C(/C#N)C(=O)Nc3ccc(Br)cc3)o2)c1C. The van der Waals surface area contributed by atoms with Crippen molar-refractivity contribution in [2.24, 2.45) is 0 Å². The number of nitrogens with zero attached hydrogens (tertiary/aromatic N) is 1. The molecule has 0 atom stereocenters. The molecule has 6 nitrogen and oxygen atoms in total. The Morgan fingerprint density at radius 1 is 1.13 bits per heavy atom. The number of methoxy groups -OCH3 is 1. The zero-order valence-electron chi connectivity index (χ0n) is 16.2. The van der Waals surface area contributed by atoms with Crippen molar-refractivity contribution in [3.63, 3.8) is 0 Å². The Bertz CT molecular complexity index is 1170. The monoisotopic (exact) mass is 464 g/mol. The number of esters is 1. The van der Waals surface area contributed by atoms with Gasteiger partial charge in [-0.2, -0.15) is 5.26 Å². The normalized spacial score (nSPS) is 10.9. The van der Waals surface area contributed by atoms with Crippen LogP contribution in [-0.4, -0.2) is 19.0 Å². The van der Waals surface area contributed by atoms with Crippen molar-refractivity contribution in [2.45, 2.75) is 6.92 Å². The van der Waals surface area contributed by atoms with Crippen LogP contribution in [0.1, 0.15) is 21.7 Å². The Morgan fingerprint density at radius 2 is 1.87 bits per heavy atom. The Hall–Kier alpha value is -3.63. The second-order valence-electron chi connectivity index (χ2n) is 6.30.